The number of ether oxygens (including phenoxy) is 1. The SMILES string of the molecule is NCC1CCCCC1NC(=O)c1cc2c(s1)CCOC2. The second-order valence-electron chi connectivity index (χ2n) is 5.72. The second-order valence-corrected chi connectivity index (χ2v) is 6.86. The van der Waals surface area contributed by atoms with Crippen molar-refractivity contribution in [3.63, 3.8) is 0 Å². The minimum absolute atomic E-state index is 0.0646. The van der Waals surface area contributed by atoms with E-state index in [9.17, 15) is 4.79 Å². The molecule has 1 fully saturated rings. The first-order valence-electron chi connectivity index (χ1n) is 7.48. The number of hydrogen-bond acceptors (Lipinski definition) is 4. The van der Waals surface area contributed by atoms with E-state index in [1.165, 1.54) is 23.3 Å². The maximum atomic E-state index is 12.4. The van der Waals surface area contributed by atoms with Crippen molar-refractivity contribution in [2.45, 2.75) is 44.8 Å². The summed E-state index contributed by atoms with van der Waals surface area (Å²) in [7, 11) is 0. The molecule has 0 saturated heterocycles. The van der Waals surface area contributed by atoms with Crippen molar-refractivity contribution < 1.29 is 9.53 Å². The van der Waals surface area contributed by atoms with Crippen molar-refractivity contribution in [2.24, 2.45) is 11.7 Å². The Balaban J connectivity index is 1.67. The lowest BCUT2D eigenvalue weighted by Gasteiger charge is -2.31. The van der Waals surface area contributed by atoms with Gasteiger partial charge in [-0.2, -0.15) is 0 Å². The molecule has 2 heterocycles. The lowest BCUT2D eigenvalue weighted by molar-refractivity contribution is 0.0912. The molecule has 1 aliphatic carbocycles. The monoisotopic (exact) mass is 294 g/mol. The molecule has 0 radical (unpaired) electrons. The third-order valence-corrected chi connectivity index (χ3v) is 5.62. The summed E-state index contributed by atoms with van der Waals surface area (Å²) in [5.41, 5.74) is 7.01. The molecule has 5 heteroatoms. The number of carbonyl (C=O) groups excluding carboxylic acids is 1. The van der Waals surface area contributed by atoms with E-state index >= 15 is 0 Å². The van der Waals surface area contributed by atoms with Crippen LogP contribution in [-0.2, 0) is 17.8 Å². The molecule has 1 aliphatic heterocycles. The van der Waals surface area contributed by atoms with E-state index in [4.69, 9.17) is 10.5 Å². The van der Waals surface area contributed by atoms with Crippen LogP contribution < -0.4 is 11.1 Å². The molecule has 0 bridgehead atoms. The summed E-state index contributed by atoms with van der Waals surface area (Å²) in [5, 5.41) is 3.20. The highest BCUT2D eigenvalue weighted by Gasteiger charge is 2.26. The molecular formula is C15H22N2O2S. The van der Waals surface area contributed by atoms with E-state index in [2.05, 4.69) is 5.32 Å². The van der Waals surface area contributed by atoms with Crippen LogP contribution in [0.3, 0.4) is 0 Å². The van der Waals surface area contributed by atoms with Crippen LogP contribution in [0.25, 0.3) is 0 Å². The van der Waals surface area contributed by atoms with Gasteiger partial charge >= 0.3 is 0 Å². The molecule has 1 amide bonds. The number of hydrogen-bond donors (Lipinski definition) is 2. The smallest absolute Gasteiger partial charge is 0.261 e. The highest BCUT2D eigenvalue weighted by atomic mass is 32.1. The lowest BCUT2D eigenvalue weighted by Crippen LogP contribution is -2.44. The van der Waals surface area contributed by atoms with Crippen LogP contribution in [0.2, 0.25) is 0 Å². The van der Waals surface area contributed by atoms with Gasteiger partial charge in [-0.25, -0.2) is 0 Å². The predicted octanol–water partition coefficient (Wildman–Crippen LogP) is 2.07. The van der Waals surface area contributed by atoms with Gasteiger partial charge in [-0.05, 0) is 36.9 Å². The Morgan fingerprint density at radius 1 is 1.45 bits per heavy atom. The quantitative estimate of drug-likeness (QED) is 0.897. The van der Waals surface area contributed by atoms with Gasteiger partial charge in [0.25, 0.3) is 5.91 Å². The maximum Gasteiger partial charge on any atom is 0.261 e. The average molecular weight is 294 g/mol. The fraction of sp³-hybridized carbons (Fsp3) is 0.667. The van der Waals surface area contributed by atoms with Crippen LogP contribution in [0.5, 0.6) is 0 Å². The van der Waals surface area contributed by atoms with Crippen molar-refractivity contribution in [2.75, 3.05) is 13.2 Å². The zero-order chi connectivity index (χ0) is 13.9. The minimum atomic E-state index is 0.0646. The van der Waals surface area contributed by atoms with Crippen LogP contribution in [0.15, 0.2) is 6.07 Å². The number of rotatable bonds is 3. The second kappa shape index (κ2) is 6.24. The molecule has 0 spiro atoms. The number of thiophene rings is 1. The van der Waals surface area contributed by atoms with Crippen molar-refractivity contribution in [1.29, 1.82) is 0 Å². The Kier molecular flexibility index (Phi) is 4.38. The molecule has 2 unspecified atom stereocenters. The Hall–Kier alpha value is -0.910. The fourth-order valence-electron chi connectivity index (χ4n) is 3.18. The van der Waals surface area contributed by atoms with E-state index in [1.54, 1.807) is 11.3 Å². The molecule has 3 rings (SSSR count). The summed E-state index contributed by atoms with van der Waals surface area (Å²) >= 11 is 1.62. The molecule has 2 aliphatic rings. The Bertz CT molecular complexity index is 463. The third-order valence-electron chi connectivity index (χ3n) is 4.38. The molecule has 110 valence electrons. The zero-order valence-corrected chi connectivity index (χ0v) is 12.5. The van der Waals surface area contributed by atoms with E-state index in [0.717, 1.165) is 30.7 Å². The normalized spacial score (nSPS) is 26.1. The zero-order valence-electron chi connectivity index (χ0n) is 11.7. The average Bonchev–Trinajstić information content (AvgIpc) is 2.92. The van der Waals surface area contributed by atoms with Gasteiger partial charge in [-0.15, -0.1) is 11.3 Å². The first-order valence-corrected chi connectivity index (χ1v) is 8.30. The lowest BCUT2D eigenvalue weighted by atomic mass is 9.84. The van der Waals surface area contributed by atoms with E-state index in [0.29, 0.717) is 19.1 Å². The van der Waals surface area contributed by atoms with Gasteiger partial charge in [0.15, 0.2) is 0 Å². The summed E-state index contributed by atoms with van der Waals surface area (Å²) < 4.78 is 5.43. The van der Waals surface area contributed by atoms with Crippen LogP contribution in [0, 0.1) is 5.92 Å². The minimum Gasteiger partial charge on any atom is -0.376 e. The van der Waals surface area contributed by atoms with Crippen LogP contribution in [0.1, 0.15) is 45.8 Å². The van der Waals surface area contributed by atoms with Crippen LogP contribution in [-0.4, -0.2) is 25.1 Å². The fourth-order valence-corrected chi connectivity index (χ4v) is 4.23. The molecule has 20 heavy (non-hydrogen) atoms. The summed E-state index contributed by atoms with van der Waals surface area (Å²) in [6, 6.07) is 2.24. The summed E-state index contributed by atoms with van der Waals surface area (Å²) in [6.45, 7) is 2.08. The van der Waals surface area contributed by atoms with Gasteiger partial charge in [0.2, 0.25) is 0 Å². The molecular weight excluding hydrogens is 272 g/mol. The number of amides is 1. The molecule has 1 saturated carbocycles. The molecule has 2 atom stereocenters. The van der Waals surface area contributed by atoms with Crippen molar-refractivity contribution >= 4 is 17.2 Å². The number of carbonyl (C=O) groups is 1. The molecule has 4 nitrogen and oxygen atoms in total. The van der Waals surface area contributed by atoms with Gasteiger partial charge in [0, 0.05) is 17.3 Å². The summed E-state index contributed by atoms with van der Waals surface area (Å²) in [4.78, 5) is 14.5. The largest absolute Gasteiger partial charge is 0.376 e. The van der Waals surface area contributed by atoms with Gasteiger partial charge < -0.3 is 15.8 Å². The number of fused-ring (bicyclic) bond motifs is 1. The van der Waals surface area contributed by atoms with E-state index < -0.39 is 0 Å². The van der Waals surface area contributed by atoms with Gasteiger partial charge in [-0.1, -0.05) is 12.8 Å². The molecule has 0 aromatic carbocycles. The third kappa shape index (κ3) is 2.90. The highest BCUT2D eigenvalue weighted by Crippen LogP contribution is 2.28. The molecule has 3 N–H and O–H groups in total. The summed E-state index contributed by atoms with van der Waals surface area (Å²) in [6.07, 6.45) is 5.55. The van der Waals surface area contributed by atoms with E-state index in [-0.39, 0.29) is 11.9 Å². The number of nitrogens with one attached hydrogen (secondary N) is 1. The van der Waals surface area contributed by atoms with Crippen molar-refractivity contribution in [1.82, 2.24) is 5.32 Å². The molecule has 1 aromatic heterocycles. The van der Waals surface area contributed by atoms with Gasteiger partial charge in [-0.3, -0.25) is 4.79 Å². The van der Waals surface area contributed by atoms with Crippen molar-refractivity contribution in [3.05, 3.63) is 21.4 Å². The van der Waals surface area contributed by atoms with Gasteiger partial charge in [0.05, 0.1) is 18.1 Å². The van der Waals surface area contributed by atoms with E-state index in [1.807, 2.05) is 6.07 Å². The number of nitrogens with two attached hydrogens (primary N) is 1. The Labute approximate surface area is 123 Å². The summed E-state index contributed by atoms with van der Waals surface area (Å²) in [5.74, 6) is 0.500. The first kappa shape index (κ1) is 14.0. The predicted molar refractivity (Wildman–Crippen MR) is 79.9 cm³/mol. The van der Waals surface area contributed by atoms with Crippen molar-refractivity contribution in [3.8, 4) is 0 Å². The van der Waals surface area contributed by atoms with Crippen LogP contribution in [0.4, 0.5) is 0 Å². The Morgan fingerprint density at radius 2 is 2.30 bits per heavy atom. The topological polar surface area (TPSA) is 64.3 Å². The van der Waals surface area contributed by atoms with Crippen LogP contribution >= 0.6 is 11.3 Å². The van der Waals surface area contributed by atoms with Gasteiger partial charge in [0.1, 0.15) is 0 Å². The maximum absolute atomic E-state index is 12.4. The molecule has 1 aromatic rings. The standard InChI is InChI=1S/C15H22N2O2S/c16-8-10-3-1-2-4-12(10)17-15(18)14-7-11-9-19-6-5-13(11)20-14/h7,10,12H,1-6,8-9,16H2,(H,17,18). The highest BCUT2D eigenvalue weighted by molar-refractivity contribution is 7.14. The Morgan fingerprint density at radius 3 is 3.10 bits per heavy atom. The first-order chi connectivity index (χ1) is 9.78.